The van der Waals surface area contributed by atoms with E-state index < -0.39 is 10.6 Å². The van der Waals surface area contributed by atoms with E-state index in [2.05, 4.69) is 0 Å². The lowest BCUT2D eigenvalue weighted by Gasteiger charge is -2.01. The van der Waals surface area contributed by atoms with Gasteiger partial charge in [0.15, 0.2) is 5.78 Å². The van der Waals surface area contributed by atoms with Crippen LogP contribution in [0.25, 0.3) is 0 Å². The SMILES string of the molecule is CC(=O)c1ccc(Cl)c([N+](=O)[O-])c1Cl. The second-order valence-electron chi connectivity index (χ2n) is 2.57. The zero-order valence-electron chi connectivity index (χ0n) is 7.08. The van der Waals surface area contributed by atoms with Crippen LogP contribution < -0.4 is 0 Å². The van der Waals surface area contributed by atoms with Crippen LogP contribution in [0.1, 0.15) is 17.3 Å². The van der Waals surface area contributed by atoms with Gasteiger partial charge in [-0.05, 0) is 19.1 Å². The van der Waals surface area contributed by atoms with Gasteiger partial charge >= 0.3 is 5.69 Å². The first kappa shape index (κ1) is 10.9. The van der Waals surface area contributed by atoms with E-state index in [0.717, 1.165) is 0 Å². The zero-order chi connectivity index (χ0) is 10.9. The second-order valence-corrected chi connectivity index (χ2v) is 3.36. The van der Waals surface area contributed by atoms with Crippen LogP contribution in [0.5, 0.6) is 0 Å². The average Bonchev–Trinajstić information content (AvgIpc) is 2.02. The van der Waals surface area contributed by atoms with Gasteiger partial charge in [0.2, 0.25) is 0 Å². The molecule has 0 N–H and O–H groups in total. The molecule has 0 aliphatic heterocycles. The Labute approximate surface area is 89.6 Å². The molecule has 0 bridgehead atoms. The number of carbonyl (C=O) groups excluding carboxylic acids is 1. The molecule has 14 heavy (non-hydrogen) atoms. The van der Waals surface area contributed by atoms with Crippen molar-refractivity contribution in [3.8, 4) is 0 Å². The maximum Gasteiger partial charge on any atom is 0.307 e. The van der Waals surface area contributed by atoms with Gasteiger partial charge in [0.05, 0.1) is 4.92 Å². The lowest BCUT2D eigenvalue weighted by molar-refractivity contribution is -0.384. The number of benzene rings is 1. The van der Waals surface area contributed by atoms with Crippen molar-refractivity contribution >= 4 is 34.7 Å². The minimum atomic E-state index is -0.711. The third-order valence-corrected chi connectivity index (χ3v) is 2.32. The Morgan fingerprint density at radius 1 is 1.43 bits per heavy atom. The largest absolute Gasteiger partial charge is 0.307 e. The first-order chi connectivity index (χ1) is 6.45. The number of ketones is 1. The minimum Gasteiger partial charge on any atom is -0.294 e. The molecule has 74 valence electrons. The van der Waals surface area contributed by atoms with Crippen molar-refractivity contribution < 1.29 is 9.72 Å². The summed E-state index contributed by atoms with van der Waals surface area (Å²) in [7, 11) is 0. The Morgan fingerprint density at radius 3 is 2.43 bits per heavy atom. The summed E-state index contributed by atoms with van der Waals surface area (Å²) in [6.07, 6.45) is 0. The van der Waals surface area contributed by atoms with Crippen molar-refractivity contribution in [3.63, 3.8) is 0 Å². The van der Waals surface area contributed by atoms with Gasteiger partial charge in [0, 0.05) is 5.56 Å². The molecule has 0 atom stereocenters. The Bertz CT molecular complexity index is 417. The van der Waals surface area contributed by atoms with Gasteiger partial charge in [0.1, 0.15) is 10.0 Å². The van der Waals surface area contributed by atoms with E-state index in [9.17, 15) is 14.9 Å². The summed E-state index contributed by atoms with van der Waals surface area (Å²) < 4.78 is 0. The summed E-state index contributed by atoms with van der Waals surface area (Å²) in [6, 6.07) is 2.64. The van der Waals surface area contributed by atoms with Gasteiger partial charge in [-0.25, -0.2) is 0 Å². The molecule has 0 radical (unpaired) electrons. The molecule has 0 heterocycles. The van der Waals surface area contributed by atoms with Crippen LogP contribution in [0.2, 0.25) is 10.0 Å². The van der Waals surface area contributed by atoms with Crippen LogP contribution in [0, 0.1) is 10.1 Å². The number of Topliss-reactive ketones (excluding diaryl/α,β-unsaturated/α-hetero) is 1. The number of nitro groups is 1. The highest BCUT2D eigenvalue weighted by atomic mass is 35.5. The average molecular weight is 234 g/mol. The molecule has 6 heteroatoms. The summed E-state index contributed by atoms with van der Waals surface area (Å²) in [5.74, 6) is -0.338. The molecule has 4 nitrogen and oxygen atoms in total. The molecule has 0 spiro atoms. The highest BCUT2D eigenvalue weighted by Gasteiger charge is 2.22. The lowest BCUT2D eigenvalue weighted by atomic mass is 10.1. The van der Waals surface area contributed by atoms with Gasteiger partial charge in [-0.15, -0.1) is 0 Å². The molecule has 1 aromatic rings. The van der Waals surface area contributed by atoms with Gasteiger partial charge in [-0.1, -0.05) is 23.2 Å². The molecule has 0 fully saturated rings. The number of hydrogen-bond donors (Lipinski definition) is 0. The minimum absolute atomic E-state index is 0.0787. The molecule has 0 saturated carbocycles. The summed E-state index contributed by atoms with van der Waals surface area (Å²) >= 11 is 11.2. The number of nitro benzene ring substituents is 1. The normalized spacial score (nSPS) is 9.93. The predicted octanol–water partition coefficient (Wildman–Crippen LogP) is 3.10. The van der Waals surface area contributed by atoms with Crippen molar-refractivity contribution in [2.24, 2.45) is 0 Å². The van der Waals surface area contributed by atoms with Crippen molar-refractivity contribution in [2.45, 2.75) is 6.92 Å². The smallest absolute Gasteiger partial charge is 0.294 e. The Kier molecular flexibility index (Phi) is 3.08. The fourth-order valence-electron chi connectivity index (χ4n) is 0.980. The number of carbonyl (C=O) groups is 1. The second kappa shape index (κ2) is 3.94. The third kappa shape index (κ3) is 1.86. The van der Waals surface area contributed by atoms with E-state index in [1.165, 1.54) is 19.1 Å². The molecule has 0 amide bonds. The van der Waals surface area contributed by atoms with Crippen LogP contribution in [0.3, 0.4) is 0 Å². The first-order valence-electron chi connectivity index (χ1n) is 3.58. The van der Waals surface area contributed by atoms with E-state index in [4.69, 9.17) is 23.2 Å². The summed E-state index contributed by atoms with van der Waals surface area (Å²) in [4.78, 5) is 20.8. The van der Waals surface area contributed by atoms with E-state index in [1.807, 2.05) is 0 Å². The fourth-order valence-corrected chi connectivity index (χ4v) is 1.62. The van der Waals surface area contributed by atoms with Crippen LogP contribution in [0.4, 0.5) is 5.69 Å². The molecule has 0 aliphatic carbocycles. The lowest BCUT2D eigenvalue weighted by Crippen LogP contribution is -1.98. The Morgan fingerprint density at radius 2 is 2.00 bits per heavy atom. The molecular formula is C8H5Cl2NO3. The first-order valence-corrected chi connectivity index (χ1v) is 4.34. The third-order valence-electron chi connectivity index (χ3n) is 1.63. The van der Waals surface area contributed by atoms with Crippen LogP contribution in [-0.2, 0) is 0 Å². The maximum atomic E-state index is 11.0. The van der Waals surface area contributed by atoms with Gasteiger partial charge in [-0.2, -0.15) is 0 Å². The van der Waals surface area contributed by atoms with E-state index >= 15 is 0 Å². The highest BCUT2D eigenvalue weighted by Crippen LogP contribution is 2.34. The number of hydrogen-bond acceptors (Lipinski definition) is 3. The fraction of sp³-hybridized carbons (Fsp3) is 0.125. The molecule has 1 aromatic carbocycles. The summed E-state index contributed by atoms with van der Waals surface area (Å²) in [5.41, 5.74) is -0.330. The number of nitrogens with zero attached hydrogens (tertiary/aromatic N) is 1. The van der Waals surface area contributed by atoms with Crippen molar-refractivity contribution in [3.05, 3.63) is 37.9 Å². The summed E-state index contributed by atoms with van der Waals surface area (Å²) in [6.45, 7) is 1.28. The summed E-state index contributed by atoms with van der Waals surface area (Å²) in [5, 5.41) is 10.3. The number of halogens is 2. The van der Waals surface area contributed by atoms with E-state index in [-0.39, 0.29) is 21.4 Å². The van der Waals surface area contributed by atoms with Gasteiger partial charge < -0.3 is 0 Å². The van der Waals surface area contributed by atoms with Gasteiger partial charge in [-0.3, -0.25) is 14.9 Å². The van der Waals surface area contributed by atoms with Crippen LogP contribution >= 0.6 is 23.2 Å². The molecule has 0 unspecified atom stereocenters. The van der Waals surface area contributed by atoms with E-state index in [0.29, 0.717) is 0 Å². The van der Waals surface area contributed by atoms with Crippen molar-refractivity contribution in [2.75, 3.05) is 0 Å². The van der Waals surface area contributed by atoms with E-state index in [1.54, 1.807) is 0 Å². The molecule has 0 saturated heterocycles. The number of rotatable bonds is 2. The monoisotopic (exact) mass is 233 g/mol. The maximum absolute atomic E-state index is 11.0. The Balaban J connectivity index is 3.49. The standard InChI is InChI=1S/C8H5Cl2NO3/c1-4(12)5-2-3-6(9)8(7(5)10)11(13)14/h2-3H,1H3. The quantitative estimate of drug-likeness (QED) is 0.448. The van der Waals surface area contributed by atoms with Gasteiger partial charge in [0.25, 0.3) is 0 Å². The Hall–Kier alpha value is -1.13. The topological polar surface area (TPSA) is 60.2 Å². The van der Waals surface area contributed by atoms with Crippen LogP contribution in [0.15, 0.2) is 12.1 Å². The van der Waals surface area contributed by atoms with Crippen molar-refractivity contribution in [1.82, 2.24) is 0 Å². The molecule has 0 aromatic heterocycles. The van der Waals surface area contributed by atoms with Crippen LogP contribution in [-0.4, -0.2) is 10.7 Å². The molecular weight excluding hydrogens is 229 g/mol. The zero-order valence-corrected chi connectivity index (χ0v) is 8.59. The molecule has 0 aliphatic rings. The highest BCUT2D eigenvalue weighted by molar-refractivity contribution is 6.40. The van der Waals surface area contributed by atoms with Crippen molar-refractivity contribution in [1.29, 1.82) is 0 Å². The molecule has 1 rings (SSSR count). The predicted molar refractivity (Wildman–Crippen MR) is 53.1 cm³/mol.